The van der Waals surface area contributed by atoms with Crippen LogP contribution in [0, 0.1) is 18.6 Å². The summed E-state index contributed by atoms with van der Waals surface area (Å²) in [5, 5.41) is 10.4. The zero-order chi connectivity index (χ0) is 23.4. The van der Waals surface area contributed by atoms with E-state index in [2.05, 4.69) is 26.9 Å². The number of carbonyl (C=O) groups is 1. The van der Waals surface area contributed by atoms with E-state index in [-0.39, 0.29) is 18.1 Å². The summed E-state index contributed by atoms with van der Waals surface area (Å²) in [6.45, 7) is 3.42. The Morgan fingerprint density at radius 3 is 2.85 bits per heavy atom. The molecule has 1 aromatic heterocycles. The number of nitrogens with one attached hydrogen (secondary N) is 2. The van der Waals surface area contributed by atoms with Crippen molar-refractivity contribution in [2.24, 2.45) is 0 Å². The van der Waals surface area contributed by atoms with Crippen LogP contribution in [0.1, 0.15) is 46.0 Å². The summed E-state index contributed by atoms with van der Waals surface area (Å²) < 4.78 is 31.5. The largest absolute Gasteiger partial charge is 0.349 e. The molecule has 1 atom stereocenters. The van der Waals surface area contributed by atoms with Gasteiger partial charge in [-0.25, -0.2) is 8.78 Å². The number of benzene rings is 2. The Labute approximate surface area is 195 Å². The number of hydrogen-bond acceptors (Lipinski definition) is 5. The van der Waals surface area contributed by atoms with Crippen LogP contribution in [0.15, 0.2) is 47.0 Å². The summed E-state index contributed by atoms with van der Waals surface area (Å²) in [5.74, 6) is -2.33. The molecule has 0 saturated carbocycles. The van der Waals surface area contributed by atoms with E-state index in [9.17, 15) is 13.6 Å². The van der Waals surface area contributed by atoms with Crippen molar-refractivity contribution < 1.29 is 18.1 Å². The highest BCUT2D eigenvalue weighted by Crippen LogP contribution is 2.26. The van der Waals surface area contributed by atoms with Gasteiger partial charge in [0, 0.05) is 24.2 Å². The SMILES string of the molecule is Cc1ccc(Cl)cc1/C(=C\CC1CN1)CCNC(=O)c1noc(Cc2ccc(F)c(F)c2)n1. The quantitative estimate of drug-likeness (QED) is 0.448. The molecule has 1 amide bonds. The first-order valence-corrected chi connectivity index (χ1v) is 11.0. The number of aromatic nitrogens is 2. The number of hydrogen-bond donors (Lipinski definition) is 2. The average Bonchev–Trinajstić information content (AvgIpc) is 3.51. The van der Waals surface area contributed by atoms with Crippen LogP contribution in [0.25, 0.3) is 5.57 Å². The highest BCUT2D eigenvalue weighted by atomic mass is 35.5. The molecule has 33 heavy (non-hydrogen) atoms. The highest BCUT2D eigenvalue weighted by Gasteiger charge is 2.19. The fraction of sp³-hybridized carbons (Fsp3) is 0.292. The minimum Gasteiger partial charge on any atom is -0.349 e. The van der Waals surface area contributed by atoms with Crippen LogP contribution in [-0.2, 0) is 6.42 Å². The number of amides is 1. The lowest BCUT2D eigenvalue weighted by atomic mass is 9.96. The summed E-state index contributed by atoms with van der Waals surface area (Å²) >= 11 is 6.20. The van der Waals surface area contributed by atoms with Crippen molar-refractivity contribution in [1.29, 1.82) is 0 Å². The maximum Gasteiger partial charge on any atom is 0.292 e. The second kappa shape index (κ2) is 10.2. The van der Waals surface area contributed by atoms with Crippen LogP contribution in [0.5, 0.6) is 0 Å². The van der Waals surface area contributed by atoms with E-state index >= 15 is 0 Å². The third-order valence-electron chi connectivity index (χ3n) is 5.38. The van der Waals surface area contributed by atoms with Crippen molar-refractivity contribution in [3.8, 4) is 0 Å². The average molecular weight is 473 g/mol. The second-order valence-corrected chi connectivity index (χ2v) is 8.41. The molecule has 1 aliphatic heterocycles. The highest BCUT2D eigenvalue weighted by molar-refractivity contribution is 6.30. The van der Waals surface area contributed by atoms with Gasteiger partial charge in [-0.2, -0.15) is 4.98 Å². The van der Waals surface area contributed by atoms with E-state index in [1.165, 1.54) is 6.07 Å². The topological polar surface area (TPSA) is 90.0 Å². The smallest absolute Gasteiger partial charge is 0.292 e. The second-order valence-electron chi connectivity index (χ2n) is 7.97. The number of nitrogens with zero attached hydrogens (tertiary/aromatic N) is 2. The van der Waals surface area contributed by atoms with E-state index in [0.29, 0.717) is 29.6 Å². The number of halogens is 3. The molecule has 9 heteroatoms. The van der Waals surface area contributed by atoms with Crippen LogP contribution in [-0.4, -0.2) is 35.2 Å². The standard InChI is InChI=1S/C24H23ClF2N4O2/c1-14-2-5-17(25)12-19(14)16(4-6-18-13-29-18)8-9-28-24(32)23-30-22(33-31-23)11-15-3-7-20(26)21(27)10-15/h2-5,7,10,12,18,29H,6,8-9,11,13H2,1H3,(H,28,32)/b16-4-. The fourth-order valence-electron chi connectivity index (χ4n) is 3.45. The fourth-order valence-corrected chi connectivity index (χ4v) is 3.63. The van der Waals surface area contributed by atoms with Crippen molar-refractivity contribution in [2.75, 3.05) is 13.1 Å². The van der Waals surface area contributed by atoms with Gasteiger partial charge in [-0.15, -0.1) is 0 Å². The van der Waals surface area contributed by atoms with Gasteiger partial charge >= 0.3 is 0 Å². The van der Waals surface area contributed by atoms with Crippen LogP contribution < -0.4 is 10.6 Å². The molecule has 172 valence electrons. The van der Waals surface area contributed by atoms with E-state index in [0.717, 1.165) is 41.8 Å². The third-order valence-corrected chi connectivity index (χ3v) is 5.61. The Morgan fingerprint density at radius 2 is 2.09 bits per heavy atom. The maximum absolute atomic E-state index is 13.4. The van der Waals surface area contributed by atoms with Crippen LogP contribution in [0.2, 0.25) is 5.02 Å². The molecule has 2 heterocycles. The van der Waals surface area contributed by atoms with Gasteiger partial charge < -0.3 is 15.2 Å². The first-order chi connectivity index (χ1) is 15.9. The van der Waals surface area contributed by atoms with E-state index in [1.54, 1.807) is 0 Å². The molecule has 2 aromatic carbocycles. The Kier molecular flexibility index (Phi) is 7.15. The first-order valence-electron chi connectivity index (χ1n) is 10.6. The summed E-state index contributed by atoms with van der Waals surface area (Å²) in [6.07, 6.45) is 3.80. The van der Waals surface area contributed by atoms with Crippen molar-refractivity contribution in [2.45, 2.75) is 32.2 Å². The van der Waals surface area contributed by atoms with Gasteiger partial charge in [0.05, 0.1) is 6.42 Å². The summed E-state index contributed by atoms with van der Waals surface area (Å²) in [7, 11) is 0. The molecule has 6 nitrogen and oxygen atoms in total. The molecule has 2 N–H and O–H groups in total. The van der Waals surface area contributed by atoms with E-state index < -0.39 is 17.5 Å². The summed E-state index contributed by atoms with van der Waals surface area (Å²) in [6, 6.07) is 9.79. The van der Waals surface area contributed by atoms with Gasteiger partial charge in [0.2, 0.25) is 5.89 Å². The summed E-state index contributed by atoms with van der Waals surface area (Å²) in [5.41, 5.74) is 3.74. The first kappa shape index (κ1) is 23.1. The molecule has 3 aromatic rings. The lowest BCUT2D eigenvalue weighted by Crippen LogP contribution is -2.25. The van der Waals surface area contributed by atoms with Gasteiger partial charge in [0.25, 0.3) is 11.7 Å². The Morgan fingerprint density at radius 1 is 1.27 bits per heavy atom. The molecular formula is C24H23ClF2N4O2. The van der Waals surface area contributed by atoms with Gasteiger partial charge in [0.15, 0.2) is 11.6 Å². The predicted octanol–water partition coefficient (Wildman–Crippen LogP) is 4.47. The van der Waals surface area contributed by atoms with Crippen LogP contribution in [0.3, 0.4) is 0 Å². The van der Waals surface area contributed by atoms with Crippen molar-refractivity contribution in [3.05, 3.63) is 87.5 Å². The van der Waals surface area contributed by atoms with Gasteiger partial charge in [-0.1, -0.05) is 35.0 Å². The molecule has 0 spiro atoms. The van der Waals surface area contributed by atoms with Gasteiger partial charge in [-0.05, 0) is 66.3 Å². The predicted molar refractivity (Wildman–Crippen MR) is 121 cm³/mol. The van der Waals surface area contributed by atoms with Crippen molar-refractivity contribution in [1.82, 2.24) is 20.8 Å². The Balaban J connectivity index is 1.36. The normalized spacial score (nSPS) is 15.5. The van der Waals surface area contributed by atoms with Gasteiger partial charge in [-0.3, -0.25) is 4.79 Å². The monoisotopic (exact) mass is 472 g/mol. The zero-order valence-electron chi connectivity index (χ0n) is 18.0. The number of rotatable bonds is 9. The van der Waals surface area contributed by atoms with Crippen LogP contribution in [0.4, 0.5) is 8.78 Å². The Bertz CT molecular complexity index is 1190. The van der Waals surface area contributed by atoms with Gasteiger partial charge in [0.1, 0.15) is 0 Å². The van der Waals surface area contributed by atoms with Crippen molar-refractivity contribution in [3.63, 3.8) is 0 Å². The lowest BCUT2D eigenvalue weighted by molar-refractivity contribution is 0.0941. The van der Waals surface area contributed by atoms with Crippen molar-refractivity contribution >= 4 is 23.1 Å². The number of carbonyl (C=O) groups excluding carboxylic acids is 1. The molecule has 1 aliphatic rings. The minimum atomic E-state index is -0.957. The zero-order valence-corrected chi connectivity index (χ0v) is 18.8. The van der Waals surface area contributed by atoms with E-state index in [1.807, 2.05) is 25.1 Å². The van der Waals surface area contributed by atoms with Crippen LogP contribution >= 0.6 is 11.6 Å². The van der Waals surface area contributed by atoms with E-state index in [4.69, 9.17) is 16.1 Å². The molecule has 1 saturated heterocycles. The third kappa shape index (κ3) is 6.24. The minimum absolute atomic E-state index is 0.0909. The molecule has 0 bridgehead atoms. The molecule has 0 aliphatic carbocycles. The molecule has 1 unspecified atom stereocenters. The summed E-state index contributed by atoms with van der Waals surface area (Å²) in [4.78, 5) is 16.5. The molecule has 0 radical (unpaired) electrons. The molecular weight excluding hydrogens is 450 g/mol. The Hall–Kier alpha value is -3.10. The molecule has 1 fully saturated rings. The maximum atomic E-state index is 13.4. The lowest BCUT2D eigenvalue weighted by Gasteiger charge is -2.12. The molecule has 4 rings (SSSR count). The number of aryl methyl sites for hydroxylation is 1.